The lowest BCUT2D eigenvalue weighted by molar-refractivity contribution is -0.167. The second-order valence-corrected chi connectivity index (χ2v) is 16.7. The molecular formula is C58H94O6. The van der Waals surface area contributed by atoms with Gasteiger partial charge in [0.05, 0.1) is 0 Å². The van der Waals surface area contributed by atoms with Crippen molar-refractivity contribution < 1.29 is 28.6 Å². The van der Waals surface area contributed by atoms with Gasteiger partial charge in [0.15, 0.2) is 6.10 Å². The van der Waals surface area contributed by atoms with Gasteiger partial charge < -0.3 is 14.2 Å². The molecule has 0 heterocycles. The van der Waals surface area contributed by atoms with E-state index in [9.17, 15) is 14.4 Å². The molecule has 362 valence electrons. The van der Waals surface area contributed by atoms with Crippen LogP contribution >= 0.6 is 0 Å². The van der Waals surface area contributed by atoms with Gasteiger partial charge >= 0.3 is 17.9 Å². The molecule has 0 spiro atoms. The summed E-state index contributed by atoms with van der Waals surface area (Å²) in [6.45, 7) is 6.31. The monoisotopic (exact) mass is 887 g/mol. The first-order chi connectivity index (χ1) is 31.5. The highest BCUT2D eigenvalue weighted by Crippen LogP contribution is 2.13. The Labute approximate surface area is 393 Å². The Hall–Kier alpha value is -3.93. The van der Waals surface area contributed by atoms with Crippen LogP contribution in [-0.2, 0) is 28.6 Å². The molecule has 1 unspecified atom stereocenters. The van der Waals surface area contributed by atoms with Crippen LogP contribution in [0.15, 0.2) is 109 Å². The molecule has 6 heteroatoms. The molecule has 0 radical (unpaired) electrons. The molecule has 0 bridgehead atoms. The van der Waals surface area contributed by atoms with Crippen molar-refractivity contribution in [3.63, 3.8) is 0 Å². The standard InChI is InChI=1S/C58H94O6/c1-4-7-10-13-16-19-22-25-27-28-29-30-32-33-36-39-42-45-48-51-57(60)63-54-55(53-62-56(59)50-47-44-41-38-35-24-21-18-15-12-9-6-3)64-58(61)52-49-46-43-40-37-34-31-26-23-20-17-14-11-8-5-2/h7,9-10,12,16,18-21,23,25,27,29-30,33,35-36,38,55H,4-6,8,11,13-15,17,22,24,26,28,31-32,34,37,39-54H2,1-3H3/b10-7-,12-9-,19-16-,21-18-,23-20-,27-25-,30-29-,36-33-,38-35-. The lowest BCUT2D eigenvalue weighted by Crippen LogP contribution is -2.30. The van der Waals surface area contributed by atoms with Gasteiger partial charge in [-0.3, -0.25) is 14.4 Å². The average Bonchev–Trinajstić information content (AvgIpc) is 3.29. The lowest BCUT2D eigenvalue weighted by atomic mass is 10.1. The lowest BCUT2D eigenvalue weighted by Gasteiger charge is -2.18. The molecule has 6 nitrogen and oxygen atoms in total. The summed E-state index contributed by atoms with van der Waals surface area (Å²) in [4.78, 5) is 38.0. The number of carbonyl (C=O) groups excluding carboxylic acids is 3. The Morgan fingerprint density at radius 1 is 0.328 bits per heavy atom. The molecule has 0 aliphatic rings. The molecule has 0 aliphatic heterocycles. The van der Waals surface area contributed by atoms with Crippen molar-refractivity contribution in [2.75, 3.05) is 13.2 Å². The van der Waals surface area contributed by atoms with E-state index in [1.54, 1.807) is 0 Å². The Bertz CT molecular complexity index is 1340. The number of hydrogen-bond acceptors (Lipinski definition) is 6. The number of rotatable bonds is 45. The SMILES string of the molecule is CC/C=C\C/C=C\C/C=C\C/C=C\C/C=C\CCCCCC(=O)OCC(COC(=O)CCCC/C=C\C/C=C\C/C=C\CC)OC(=O)CCCCCCCCC/C=C\CCCCCC. The first-order valence-electron chi connectivity index (χ1n) is 25.9. The van der Waals surface area contributed by atoms with Crippen molar-refractivity contribution in [1.29, 1.82) is 0 Å². The molecule has 0 N–H and O–H groups in total. The van der Waals surface area contributed by atoms with Gasteiger partial charge in [-0.25, -0.2) is 0 Å². The topological polar surface area (TPSA) is 78.9 Å². The summed E-state index contributed by atoms with van der Waals surface area (Å²) in [5.74, 6) is -0.990. The second kappa shape index (κ2) is 51.7. The fraction of sp³-hybridized carbons (Fsp3) is 0.638. The van der Waals surface area contributed by atoms with Gasteiger partial charge in [-0.15, -0.1) is 0 Å². The number of allylic oxidation sites excluding steroid dienone is 18. The quantitative estimate of drug-likeness (QED) is 0.0262. The zero-order valence-electron chi connectivity index (χ0n) is 41.3. The highest BCUT2D eigenvalue weighted by Gasteiger charge is 2.19. The molecular weight excluding hydrogens is 793 g/mol. The first kappa shape index (κ1) is 60.1. The number of ether oxygens (including phenoxy) is 3. The van der Waals surface area contributed by atoms with Crippen LogP contribution in [0, 0.1) is 0 Å². The van der Waals surface area contributed by atoms with Crippen molar-refractivity contribution in [2.24, 2.45) is 0 Å². The van der Waals surface area contributed by atoms with Crippen LogP contribution in [0.25, 0.3) is 0 Å². The maximum atomic E-state index is 12.8. The van der Waals surface area contributed by atoms with Crippen molar-refractivity contribution >= 4 is 17.9 Å². The van der Waals surface area contributed by atoms with E-state index in [1.165, 1.54) is 64.2 Å². The molecule has 0 aromatic heterocycles. The summed E-state index contributed by atoms with van der Waals surface area (Å²) in [6, 6.07) is 0. The largest absolute Gasteiger partial charge is 0.462 e. The smallest absolute Gasteiger partial charge is 0.306 e. The normalized spacial score (nSPS) is 13.0. The second-order valence-electron chi connectivity index (χ2n) is 16.7. The molecule has 0 fully saturated rings. The fourth-order valence-corrected chi connectivity index (χ4v) is 6.65. The van der Waals surface area contributed by atoms with Crippen molar-refractivity contribution in [1.82, 2.24) is 0 Å². The van der Waals surface area contributed by atoms with Crippen LogP contribution < -0.4 is 0 Å². The molecule has 64 heavy (non-hydrogen) atoms. The Morgan fingerprint density at radius 2 is 0.609 bits per heavy atom. The molecule has 0 aromatic rings. The highest BCUT2D eigenvalue weighted by atomic mass is 16.6. The van der Waals surface area contributed by atoms with Gasteiger partial charge in [-0.1, -0.05) is 188 Å². The Kier molecular flexibility index (Phi) is 48.5. The molecule has 0 saturated heterocycles. The van der Waals surface area contributed by atoms with Crippen LogP contribution in [0.5, 0.6) is 0 Å². The van der Waals surface area contributed by atoms with Crippen LogP contribution in [0.1, 0.15) is 220 Å². The molecule has 0 saturated carbocycles. The van der Waals surface area contributed by atoms with Crippen LogP contribution in [0.2, 0.25) is 0 Å². The van der Waals surface area contributed by atoms with Gasteiger partial charge in [0.25, 0.3) is 0 Å². The third-order valence-corrected chi connectivity index (χ3v) is 10.5. The van der Waals surface area contributed by atoms with E-state index in [1.807, 2.05) is 0 Å². The summed E-state index contributed by atoms with van der Waals surface area (Å²) in [5.41, 5.74) is 0. The van der Waals surface area contributed by atoms with Crippen molar-refractivity contribution in [2.45, 2.75) is 226 Å². The van der Waals surface area contributed by atoms with Gasteiger partial charge in [0.1, 0.15) is 13.2 Å². The Balaban J connectivity index is 4.49. The third-order valence-electron chi connectivity index (χ3n) is 10.5. The molecule has 0 aromatic carbocycles. The number of esters is 3. The first-order valence-corrected chi connectivity index (χ1v) is 25.9. The molecule has 1 atom stereocenters. The summed E-state index contributed by atoms with van der Waals surface area (Å²) in [7, 11) is 0. The van der Waals surface area contributed by atoms with Crippen LogP contribution in [0.3, 0.4) is 0 Å². The number of carbonyl (C=O) groups is 3. The average molecular weight is 887 g/mol. The van der Waals surface area contributed by atoms with E-state index in [2.05, 4.69) is 130 Å². The van der Waals surface area contributed by atoms with E-state index in [-0.39, 0.29) is 31.1 Å². The van der Waals surface area contributed by atoms with Gasteiger partial charge in [0, 0.05) is 19.3 Å². The Morgan fingerprint density at radius 3 is 1.02 bits per heavy atom. The highest BCUT2D eigenvalue weighted by molar-refractivity contribution is 5.71. The van der Waals surface area contributed by atoms with E-state index in [0.717, 1.165) is 116 Å². The zero-order valence-corrected chi connectivity index (χ0v) is 41.3. The van der Waals surface area contributed by atoms with Crippen molar-refractivity contribution in [3.05, 3.63) is 109 Å². The van der Waals surface area contributed by atoms with E-state index in [4.69, 9.17) is 14.2 Å². The van der Waals surface area contributed by atoms with E-state index < -0.39 is 6.10 Å². The van der Waals surface area contributed by atoms with Gasteiger partial charge in [-0.2, -0.15) is 0 Å². The minimum atomic E-state index is -0.811. The summed E-state index contributed by atoms with van der Waals surface area (Å²) >= 11 is 0. The minimum absolute atomic E-state index is 0.111. The minimum Gasteiger partial charge on any atom is -0.462 e. The van der Waals surface area contributed by atoms with Crippen molar-refractivity contribution in [3.8, 4) is 0 Å². The zero-order chi connectivity index (χ0) is 46.5. The number of hydrogen-bond donors (Lipinski definition) is 0. The van der Waals surface area contributed by atoms with E-state index in [0.29, 0.717) is 19.3 Å². The fourth-order valence-electron chi connectivity index (χ4n) is 6.65. The third kappa shape index (κ3) is 49.1. The van der Waals surface area contributed by atoms with Gasteiger partial charge in [0.2, 0.25) is 0 Å². The predicted octanol–water partition coefficient (Wildman–Crippen LogP) is 17.1. The maximum Gasteiger partial charge on any atom is 0.306 e. The van der Waals surface area contributed by atoms with Crippen LogP contribution in [-0.4, -0.2) is 37.2 Å². The molecule has 0 amide bonds. The van der Waals surface area contributed by atoms with E-state index >= 15 is 0 Å². The molecule has 0 aliphatic carbocycles. The van der Waals surface area contributed by atoms with Crippen LogP contribution in [0.4, 0.5) is 0 Å². The molecule has 0 rings (SSSR count). The maximum absolute atomic E-state index is 12.8. The summed E-state index contributed by atoms with van der Waals surface area (Å²) in [5, 5.41) is 0. The van der Waals surface area contributed by atoms with Gasteiger partial charge in [-0.05, 0) is 122 Å². The predicted molar refractivity (Wildman–Crippen MR) is 274 cm³/mol. The summed E-state index contributed by atoms with van der Waals surface area (Å²) < 4.78 is 16.7. The number of unbranched alkanes of at least 4 members (excludes halogenated alkanes) is 16. The summed E-state index contributed by atoms with van der Waals surface area (Å²) in [6.07, 6.45) is 69.3.